The standard InChI is InChI=1S/C10H9FO/c1-6-3-8-5-7(2)12-10(8)9(11)4-6/h3-5H,1-2H3. The second-order valence-electron chi connectivity index (χ2n) is 3.02. The molecule has 1 aromatic heterocycles. The van der Waals surface area contributed by atoms with E-state index in [1.807, 2.05) is 26.0 Å². The first-order valence-electron chi connectivity index (χ1n) is 3.83. The molecule has 0 fully saturated rings. The first-order valence-corrected chi connectivity index (χ1v) is 3.83. The Balaban J connectivity index is 2.88. The number of fused-ring (bicyclic) bond motifs is 1. The molecule has 0 radical (unpaired) electrons. The number of rotatable bonds is 0. The molecule has 2 rings (SSSR count). The first-order chi connectivity index (χ1) is 5.66. The van der Waals surface area contributed by atoms with E-state index < -0.39 is 0 Å². The van der Waals surface area contributed by atoms with Crippen molar-refractivity contribution in [3.05, 3.63) is 35.3 Å². The molecule has 1 nitrogen and oxygen atoms in total. The van der Waals surface area contributed by atoms with Crippen molar-refractivity contribution in [3.8, 4) is 0 Å². The Morgan fingerprint density at radius 1 is 1.17 bits per heavy atom. The number of halogens is 1. The molecule has 0 aliphatic heterocycles. The van der Waals surface area contributed by atoms with Crippen LogP contribution in [0.4, 0.5) is 4.39 Å². The van der Waals surface area contributed by atoms with Crippen LogP contribution in [-0.4, -0.2) is 0 Å². The second kappa shape index (κ2) is 2.34. The Bertz CT molecular complexity index is 429. The highest BCUT2D eigenvalue weighted by Gasteiger charge is 2.06. The predicted molar refractivity (Wildman–Crippen MR) is 45.6 cm³/mol. The van der Waals surface area contributed by atoms with Gasteiger partial charge < -0.3 is 4.42 Å². The van der Waals surface area contributed by atoms with Gasteiger partial charge in [0.05, 0.1) is 0 Å². The monoisotopic (exact) mass is 164 g/mol. The van der Waals surface area contributed by atoms with E-state index in [1.54, 1.807) is 0 Å². The number of aryl methyl sites for hydroxylation is 2. The number of furan rings is 1. The van der Waals surface area contributed by atoms with Gasteiger partial charge in [0.1, 0.15) is 5.76 Å². The van der Waals surface area contributed by atoms with Crippen molar-refractivity contribution < 1.29 is 8.81 Å². The van der Waals surface area contributed by atoms with Gasteiger partial charge in [-0.2, -0.15) is 0 Å². The van der Waals surface area contributed by atoms with E-state index in [1.165, 1.54) is 6.07 Å². The predicted octanol–water partition coefficient (Wildman–Crippen LogP) is 3.19. The van der Waals surface area contributed by atoms with Crippen LogP contribution >= 0.6 is 0 Å². The van der Waals surface area contributed by atoms with E-state index in [0.29, 0.717) is 5.58 Å². The third-order valence-electron chi connectivity index (χ3n) is 1.84. The molecule has 0 spiro atoms. The van der Waals surface area contributed by atoms with E-state index in [-0.39, 0.29) is 5.82 Å². The minimum absolute atomic E-state index is 0.280. The van der Waals surface area contributed by atoms with E-state index in [9.17, 15) is 4.39 Å². The molecule has 1 heterocycles. The van der Waals surface area contributed by atoms with Gasteiger partial charge in [-0.25, -0.2) is 4.39 Å². The van der Waals surface area contributed by atoms with Gasteiger partial charge in [0, 0.05) is 5.39 Å². The number of hydrogen-bond acceptors (Lipinski definition) is 1. The molecule has 0 N–H and O–H groups in total. The van der Waals surface area contributed by atoms with Gasteiger partial charge in [0.25, 0.3) is 0 Å². The van der Waals surface area contributed by atoms with E-state index in [2.05, 4.69) is 0 Å². The summed E-state index contributed by atoms with van der Waals surface area (Å²) in [6, 6.07) is 5.23. The molecule has 2 heteroatoms. The zero-order chi connectivity index (χ0) is 8.72. The van der Waals surface area contributed by atoms with Crippen molar-refractivity contribution in [2.45, 2.75) is 13.8 Å². The fraction of sp³-hybridized carbons (Fsp3) is 0.200. The third kappa shape index (κ3) is 0.998. The molecule has 62 valence electrons. The van der Waals surface area contributed by atoms with Gasteiger partial charge in [-0.3, -0.25) is 0 Å². The normalized spacial score (nSPS) is 10.9. The Hall–Kier alpha value is -1.31. The lowest BCUT2D eigenvalue weighted by atomic mass is 10.2. The maximum absolute atomic E-state index is 13.2. The van der Waals surface area contributed by atoms with Gasteiger partial charge in [0.2, 0.25) is 0 Å². The lowest BCUT2D eigenvalue weighted by Gasteiger charge is -1.93. The topological polar surface area (TPSA) is 13.1 Å². The SMILES string of the molecule is Cc1cc(F)c2oc(C)cc2c1. The van der Waals surface area contributed by atoms with Crippen LogP contribution in [0.5, 0.6) is 0 Å². The minimum Gasteiger partial charge on any atom is -0.458 e. The quantitative estimate of drug-likeness (QED) is 0.582. The Morgan fingerprint density at radius 2 is 1.92 bits per heavy atom. The average molecular weight is 164 g/mol. The summed E-state index contributed by atoms with van der Waals surface area (Å²) in [6.45, 7) is 3.68. The number of benzene rings is 1. The van der Waals surface area contributed by atoms with Gasteiger partial charge in [-0.15, -0.1) is 0 Å². The molecule has 2 aromatic rings. The van der Waals surface area contributed by atoms with E-state index >= 15 is 0 Å². The second-order valence-corrected chi connectivity index (χ2v) is 3.02. The highest BCUT2D eigenvalue weighted by Crippen LogP contribution is 2.22. The highest BCUT2D eigenvalue weighted by molar-refractivity contribution is 5.79. The summed E-state index contributed by atoms with van der Waals surface area (Å²) in [7, 11) is 0. The summed E-state index contributed by atoms with van der Waals surface area (Å²) < 4.78 is 18.3. The Labute approximate surface area is 69.8 Å². The fourth-order valence-corrected chi connectivity index (χ4v) is 1.38. The molecule has 0 saturated carbocycles. The highest BCUT2D eigenvalue weighted by atomic mass is 19.1. The van der Waals surface area contributed by atoms with Crippen molar-refractivity contribution in [1.82, 2.24) is 0 Å². The summed E-state index contributed by atoms with van der Waals surface area (Å²) in [5.41, 5.74) is 1.28. The zero-order valence-corrected chi connectivity index (χ0v) is 7.02. The van der Waals surface area contributed by atoms with Crippen LogP contribution in [-0.2, 0) is 0 Å². The van der Waals surface area contributed by atoms with Crippen LogP contribution in [0.2, 0.25) is 0 Å². The van der Waals surface area contributed by atoms with Crippen LogP contribution in [0.25, 0.3) is 11.0 Å². The van der Waals surface area contributed by atoms with Crippen molar-refractivity contribution >= 4 is 11.0 Å². The van der Waals surface area contributed by atoms with Gasteiger partial charge in [-0.05, 0) is 37.6 Å². The molecular formula is C10H9FO. The van der Waals surface area contributed by atoms with Gasteiger partial charge in [-0.1, -0.05) is 0 Å². The molecule has 0 atom stereocenters. The van der Waals surface area contributed by atoms with Crippen molar-refractivity contribution in [1.29, 1.82) is 0 Å². The molecule has 0 aliphatic carbocycles. The molecule has 0 unspecified atom stereocenters. The Kier molecular flexibility index (Phi) is 1.43. The largest absolute Gasteiger partial charge is 0.458 e. The maximum Gasteiger partial charge on any atom is 0.169 e. The van der Waals surface area contributed by atoms with Crippen LogP contribution in [0.15, 0.2) is 22.6 Å². The molecule has 0 bridgehead atoms. The lowest BCUT2D eigenvalue weighted by molar-refractivity contribution is 0.538. The van der Waals surface area contributed by atoms with Crippen molar-refractivity contribution in [2.24, 2.45) is 0 Å². The molecule has 1 aromatic carbocycles. The van der Waals surface area contributed by atoms with Crippen LogP contribution < -0.4 is 0 Å². The molecule has 0 saturated heterocycles. The summed E-state index contributed by atoms with van der Waals surface area (Å²) >= 11 is 0. The maximum atomic E-state index is 13.2. The van der Waals surface area contributed by atoms with Crippen molar-refractivity contribution in [3.63, 3.8) is 0 Å². The molecule has 0 amide bonds. The van der Waals surface area contributed by atoms with E-state index in [0.717, 1.165) is 16.7 Å². The third-order valence-corrected chi connectivity index (χ3v) is 1.84. The van der Waals surface area contributed by atoms with Crippen LogP contribution in [0, 0.1) is 19.7 Å². The minimum atomic E-state index is -0.280. The van der Waals surface area contributed by atoms with Crippen molar-refractivity contribution in [2.75, 3.05) is 0 Å². The fourth-order valence-electron chi connectivity index (χ4n) is 1.38. The molecular weight excluding hydrogens is 155 g/mol. The van der Waals surface area contributed by atoms with Gasteiger partial charge >= 0.3 is 0 Å². The molecule has 12 heavy (non-hydrogen) atoms. The van der Waals surface area contributed by atoms with E-state index in [4.69, 9.17) is 4.42 Å². The summed E-state index contributed by atoms with van der Waals surface area (Å²) in [5, 5.41) is 0.838. The molecule has 0 aliphatic rings. The summed E-state index contributed by atoms with van der Waals surface area (Å²) in [4.78, 5) is 0. The zero-order valence-electron chi connectivity index (χ0n) is 7.02. The summed E-state index contributed by atoms with van der Waals surface area (Å²) in [5.74, 6) is 0.465. The average Bonchev–Trinajstić information content (AvgIpc) is 2.29. The smallest absolute Gasteiger partial charge is 0.169 e. The Morgan fingerprint density at radius 3 is 2.67 bits per heavy atom. The first kappa shape index (κ1) is 7.35. The van der Waals surface area contributed by atoms with Crippen LogP contribution in [0.1, 0.15) is 11.3 Å². The van der Waals surface area contributed by atoms with Crippen LogP contribution in [0.3, 0.4) is 0 Å². The van der Waals surface area contributed by atoms with Gasteiger partial charge in [0.15, 0.2) is 11.4 Å². The summed E-state index contributed by atoms with van der Waals surface area (Å²) in [6.07, 6.45) is 0. The lowest BCUT2D eigenvalue weighted by Crippen LogP contribution is -1.77. The number of hydrogen-bond donors (Lipinski definition) is 0.